The molecule has 0 saturated heterocycles. The predicted octanol–water partition coefficient (Wildman–Crippen LogP) is 4.89. The molecule has 0 bridgehead atoms. The quantitative estimate of drug-likeness (QED) is 0.777. The number of rotatable bonds is 5. The predicted molar refractivity (Wildman–Crippen MR) is 86.0 cm³/mol. The molecule has 3 nitrogen and oxygen atoms in total. The Balaban J connectivity index is 1.71. The summed E-state index contributed by atoms with van der Waals surface area (Å²) in [7, 11) is 0. The van der Waals surface area contributed by atoms with E-state index >= 15 is 0 Å². The van der Waals surface area contributed by atoms with Gasteiger partial charge in [-0.15, -0.1) is 0 Å². The number of anilines is 1. The van der Waals surface area contributed by atoms with Gasteiger partial charge in [0.2, 0.25) is 0 Å². The zero-order valence-electron chi connectivity index (χ0n) is 12.2. The Morgan fingerprint density at radius 1 is 1.20 bits per heavy atom. The van der Waals surface area contributed by atoms with Crippen molar-refractivity contribution in [3.05, 3.63) is 16.5 Å². The van der Waals surface area contributed by atoms with Gasteiger partial charge in [-0.25, -0.2) is 9.97 Å². The van der Waals surface area contributed by atoms with Crippen molar-refractivity contribution in [3.63, 3.8) is 0 Å². The van der Waals surface area contributed by atoms with Crippen LogP contribution < -0.4 is 5.32 Å². The van der Waals surface area contributed by atoms with Crippen molar-refractivity contribution in [1.29, 1.82) is 0 Å². The molecule has 1 aromatic rings. The van der Waals surface area contributed by atoms with Crippen molar-refractivity contribution in [2.75, 3.05) is 5.32 Å². The molecule has 20 heavy (non-hydrogen) atoms. The summed E-state index contributed by atoms with van der Waals surface area (Å²) in [4.78, 5) is 9.23. The Morgan fingerprint density at radius 2 is 1.95 bits per heavy atom. The second-order valence-electron chi connectivity index (χ2n) is 6.27. The summed E-state index contributed by atoms with van der Waals surface area (Å²) in [6.07, 6.45) is 10.6. The van der Waals surface area contributed by atoms with Gasteiger partial charge < -0.3 is 5.32 Å². The van der Waals surface area contributed by atoms with Crippen LogP contribution in [0.2, 0.25) is 0 Å². The Bertz CT molecular complexity index is 453. The first-order valence-corrected chi connectivity index (χ1v) is 8.86. The summed E-state index contributed by atoms with van der Waals surface area (Å²) in [6.45, 7) is 2.28. The summed E-state index contributed by atoms with van der Waals surface area (Å²) < 4.78 is 0.912. The molecule has 110 valence electrons. The van der Waals surface area contributed by atoms with Crippen LogP contribution in [0.4, 0.5) is 5.82 Å². The molecule has 1 heterocycles. The molecule has 3 rings (SSSR count). The number of hydrogen-bond acceptors (Lipinski definition) is 3. The van der Waals surface area contributed by atoms with Crippen LogP contribution in [-0.4, -0.2) is 16.0 Å². The average Bonchev–Trinajstić information content (AvgIpc) is 3.30. The molecule has 2 aliphatic rings. The second kappa shape index (κ2) is 6.42. The molecule has 0 aliphatic heterocycles. The van der Waals surface area contributed by atoms with E-state index in [4.69, 9.17) is 4.98 Å². The largest absolute Gasteiger partial charge is 0.367 e. The van der Waals surface area contributed by atoms with Crippen LogP contribution in [0, 0.1) is 5.92 Å². The van der Waals surface area contributed by atoms with Gasteiger partial charge in [-0.2, -0.15) is 0 Å². The average molecular weight is 338 g/mol. The molecule has 0 radical (unpaired) electrons. The van der Waals surface area contributed by atoms with Crippen molar-refractivity contribution in [2.24, 2.45) is 5.92 Å². The number of halogens is 1. The van der Waals surface area contributed by atoms with Crippen molar-refractivity contribution < 1.29 is 0 Å². The van der Waals surface area contributed by atoms with Gasteiger partial charge in [-0.1, -0.05) is 26.2 Å². The van der Waals surface area contributed by atoms with Gasteiger partial charge in [0.05, 0.1) is 0 Å². The van der Waals surface area contributed by atoms with Crippen LogP contribution in [0.3, 0.4) is 0 Å². The second-order valence-corrected chi connectivity index (χ2v) is 7.08. The standard InChI is InChI=1S/C16H24BrN3/c1-2-13(11-6-4-3-5-7-11)18-15-10-14(17)19-16(20-15)12-8-9-12/h10-13H,2-9H2,1H3,(H,18,19,20). The highest BCUT2D eigenvalue weighted by Gasteiger charge is 2.28. The van der Waals surface area contributed by atoms with E-state index in [1.807, 2.05) is 6.07 Å². The lowest BCUT2D eigenvalue weighted by Gasteiger charge is -2.30. The molecule has 2 aliphatic carbocycles. The lowest BCUT2D eigenvalue weighted by Crippen LogP contribution is -2.30. The molecule has 1 atom stereocenters. The van der Waals surface area contributed by atoms with Crippen molar-refractivity contribution in [3.8, 4) is 0 Å². The molecular weight excluding hydrogens is 314 g/mol. The highest BCUT2D eigenvalue weighted by molar-refractivity contribution is 9.10. The van der Waals surface area contributed by atoms with Gasteiger partial charge in [-0.3, -0.25) is 0 Å². The summed E-state index contributed by atoms with van der Waals surface area (Å²) in [6, 6.07) is 2.58. The first-order valence-electron chi connectivity index (χ1n) is 8.07. The molecule has 0 amide bonds. The number of hydrogen-bond donors (Lipinski definition) is 1. The third-order valence-corrected chi connectivity index (χ3v) is 5.05. The minimum atomic E-state index is 0.559. The number of nitrogens with one attached hydrogen (secondary N) is 1. The molecule has 2 fully saturated rings. The van der Waals surface area contributed by atoms with Gasteiger partial charge >= 0.3 is 0 Å². The minimum absolute atomic E-state index is 0.559. The van der Waals surface area contributed by atoms with Crippen molar-refractivity contribution >= 4 is 21.7 Å². The maximum Gasteiger partial charge on any atom is 0.135 e. The highest BCUT2D eigenvalue weighted by atomic mass is 79.9. The topological polar surface area (TPSA) is 37.8 Å². The Labute approximate surface area is 130 Å². The summed E-state index contributed by atoms with van der Waals surface area (Å²) >= 11 is 3.53. The van der Waals surface area contributed by atoms with E-state index in [9.17, 15) is 0 Å². The van der Waals surface area contributed by atoms with Crippen molar-refractivity contribution in [2.45, 2.75) is 70.3 Å². The van der Waals surface area contributed by atoms with Gasteiger partial charge in [-0.05, 0) is 54.0 Å². The highest BCUT2D eigenvalue weighted by Crippen LogP contribution is 2.39. The Morgan fingerprint density at radius 3 is 2.60 bits per heavy atom. The monoisotopic (exact) mass is 337 g/mol. The molecule has 2 saturated carbocycles. The Hall–Kier alpha value is -0.640. The van der Waals surface area contributed by atoms with Crippen LogP contribution in [-0.2, 0) is 0 Å². The zero-order valence-corrected chi connectivity index (χ0v) is 13.8. The third-order valence-electron chi connectivity index (χ3n) is 4.65. The van der Waals surface area contributed by atoms with Gasteiger partial charge in [0, 0.05) is 18.0 Å². The minimum Gasteiger partial charge on any atom is -0.367 e. The smallest absolute Gasteiger partial charge is 0.135 e. The van der Waals surface area contributed by atoms with Gasteiger partial charge in [0.15, 0.2) is 0 Å². The molecule has 0 aromatic carbocycles. The fourth-order valence-electron chi connectivity index (χ4n) is 3.31. The number of aromatic nitrogens is 2. The normalized spacial score (nSPS) is 21.7. The molecule has 1 aromatic heterocycles. The summed E-state index contributed by atoms with van der Waals surface area (Å²) in [5.41, 5.74) is 0. The number of nitrogens with zero attached hydrogens (tertiary/aromatic N) is 2. The van der Waals surface area contributed by atoms with E-state index in [1.165, 1.54) is 51.4 Å². The van der Waals surface area contributed by atoms with E-state index in [2.05, 4.69) is 33.2 Å². The zero-order chi connectivity index (χ0) is 13.9. The third kappa shape index (κ3) is 3.51. The fraction of sp³-hybridized carbons (Fsp3) is 0.750. The first-order chi connectivity index (χ1) is 9.76. The molecule has 1 unspecified atom stereocenters. The van der Waals surface area contributed by atoms with Crippen molar-refractivity contribution in [1.82, 2.24) is 9.97 Å². The van der Waals surface area contributed by atoms with E-state index in [0.29, 0.717) is 12.0 Å². The lowest BCUT2D eigenvalue weighted by molar-refractivity contribution is 0.312. The fourth-order valence-corrected chi connectivity index (χ4v) is 3.71. The van der Waals surface area contributed by atoms with Crippen LogP contribution in [0.25, 0.3) is 0 Å². The van der Waals surface area contributed by atoms with E-state index in [-0.39, 0.29) is 0 Å². The van der Waals surface area contributed by atoms with Crippen LogP contribution in [0.15, 0.2) is 10.7 Å². The molecule has 4 heteroatoms. The maximum absolute atomic E-state index is 4.73. The van der Waals surface area contributed by atoms with Crippen LogP contribution in [0.1, 0.15) is 70.0 Å². The lowest BCUT2D eigenvalue weighted by atomic mass is 9.83. The summed E-state index contributed by atoms with van der Waals surface area (Å²) in [5.74, 6) is 3.43. The van der Waals surface area contributed by atoms with Crippen LogP contribution >= 0.6 is 15.9 Å². The van der Waals surface area contributed by atoms with E-state index in [0.717, 1.165) is 22.2 Å². The molecule has 1 N–H and O–H groups in total. The van der Waals surface area contributed by atoms with Crippen LogP contribution in [0.5, 0.6) is 0 Å². The molecule has 0 spiro atoms. The first kappa shape index (κ1) is 14.3. The van der Waals surface area contributed by atoms with Gasteiger partial charge in [0.25, 0.3) is 0 Å². The van der Waals surface area contributed by atoms with E-state index in [1.54, 1.807) is 0 Å². The maximum atomic E-state index is 4.73. The van der Waals surface area contributed by atoms with E-state index < -0.39 is 0 Å². The SMILES string of the molecule is CCC(Nc1cc(Br)nc(C2CC2)n1)C1CCCCC1. The molecular formula is C16H24BrN3. The Kier molecular flexibility index (Phi) is 4.59. The summed E-state index contributed by atoms with van der Waals surface area (Å²) in [5, 5.41) is 3.68. The van der Waals surface area contributed by atoms with Gasteiger partial charge in [0.1, 0.15) is 16.2 Å².